The van der Waals surface area contributed by atoms with Crippen LogP contribution >= 0.6 is 0 Å². The Morgan fingerprint density at radius 1 is 0.800 bits per heavy atom. The van der Waals surface area contributed by atoms with Gasteiger partial charge in [0.05, 0.1) is 97.0 Å². The Kier molecular flexibility index (Phi) is 33.7. The zero-order valence-corrected chi connectivity index (χ0v) is 60.1. The van der Waals surface area contributed by atoms with E-state index in [0.29, 0.717) is 31.4 Å². The molecule has 0 aromatic heterocycles. The van der Waals surface area contributed by atoms with Crippen molar-refractivity contribution in [3.8, 4) is 17.2 Å². The van der Waals surface area contributed by atoms with E-state index in [1.165, 1.54) is 32.4 Å². The van der Waals surface area contributed by atoms with Crippen LogP contribution in [-0.4, -0.2) is 258 Å². The summed E-state index contributed by atoms with van der Waals surface area (Å²) in [5, 5.41) is 63.2. The molecule has 2 fully saturated rings. The van der Waals surface area contributed by atoms with Crippen molar-refractivity contribution in [2.75, 3.05) is 101 Å². The summed E-state index contributed by atoms with van der Waals surface area (Å²) >= 11 is 0. The van der Waals surface area contributed by atoms with Gasteiger partial charge in [-0.2, -0.15) is 0 Å². The van der Waals surface area contributed by atoms with Gasteiger partial charge < -0.3 is 97.3 Å². The number of carboxylic acids is 1. The van der Waals surface area contributed by atoms with Gasteiger partial charge in [-0.1, -0.05) is 90.3 Å². The predicted octanol–water partition coefficient (Wildman–Crippen LogP) is 3.13. The van der Waals surface area contributed by atoms with Crippen LogP contribution in [0.4, 0.5) is 0 Å². The van der Waals surface area contributed by atoms with E-state index < -0.39 is 143 Å². The molecule has 8 N–H and O–H groups in total. The fraction of sp³-hybridized carbons (Fsp3) is 0.647. The first kappa shape index (κ1) is 83.4. The number of carbonyl (C=O) groups excluding carboxylic acids is 5. The molecule has 2 aliphatic rings. The first-order valence-electron chi connectivity index (χ1n) is 33.6. The van der Waals surface area contributed by atoms with Crippen molar-refractivity contribution >= 4 is 45.9 Å². The van der Waals surface area contributed by atoms with Crippen molar-refractivity contribution in [1.29, 1.82) is 0 Å². The maximum atomic E-state index is 15.0. The minimum atomic E-state index is -5.09. The highest BCUT2D eigenvalue weighted by molar-refractivity contribution is 7.82. The normalized spacial score (nSPS) is 20.4. The summed E-state index contributed by atoms with van der Waals surface area (Å²) < 4.78 is 77.8. The van der Waals surface area contributed by atoms with Crippen LogP contribution < -0.4 is 29.1 Å². The minimum absolute atomic E-state index is 0.0178. The number of rotatable bonds is 43. The number of nitrogens with zero attached hydrogens (tertiary/aromatic N) is 6. The van der Waals surface area contributed by atoms with E-state index in [2.05, 4.69) is 26.0 Å². The average Bonchev–Trinajstić information content (AvgIpc) is 1.37. The van der Waals surface area contributed by atoms with Gasteiger partial charge in [0.25, 0.3) is 11.8 Å². The van der Waals surface area contributed by atoms with Crippen molar-refractivity contribution < 1.29 is 109 Å². The number of aliphatic carboxylic acids is 1. The molecule has 2 aliphatic heterocycles. The molecule has 2 heterocycles. The molecule has 100 heavy (non-hydrogen) atoms. The summed E-state index contributed by atoms with van der Waals surface area (Å²) in [6.07, 6.45) is -8.58. The highest BCUT2D eigenvalue weighted by atomic mass is 32.3. The smallest absolute Gasteiger partial charge is 0.480 e. The number of ether oxygens (including phenoxy) is 7. The zero-order chi connectivity index (χ0) is 74.0. The first-order chi connectivity index (χ1) is 47.4. The molecule has 0 aliphatic carbocycles. The largest absolute Gasteiger partial charge is 0.501 e. The number of carbonyl (C=O) groups is 6. The molecule has 0 bridgehead atoms. The van der Waals surface area contributed by atoms with Gasteiger partial charge in [0.15, 0.2) is 17.5 Å². The summed E-state index contributed by atoms with van der Waals surface area (Å²) in [5.41, 5.74) is 9.59. The molecule has 5 rings (SSSR count). The monoisotopic (exact) mass is 1430 g/mol. The Bertz CT molecular complexity index is 3260. The topological polar surface area (TPSA) is 412 Å². The Hall–Kier alpha value is -7.30. The third-order valence-electron chi connectivity index (χ3n) is 17.9. The van der Waals surface area contributed by atoms with E-state index in [0.717, 1.165) is 17.7 Å². The van der Waals surface area contributed by atoms with Crippen LogP contribution in [-0.2, 0) is 75.8 Å². The lowest BCUT2D eigenvalue weighted by atomic mass is 9.89. The summed E-state index contributed by atoms with van der Waals surface area (Å²) in [4.78, 5) is 89.6. The fourth-order valence-corrected chi connectivity index (χ4v) is 13.4. The Morgan fingerprint density at radius 2 is 1.45 bits per heavy atom. The molecule has 32 heteroatoms. The van der Waals surface area contributed by atoms with Crippen LogP contribution in [0.25, 0.3) is 10.4 Å². The Morgan fingerprint density at radius 3 is 2.04 bits per heavy atom. The van der Waals surface area contributed by atoms with E-state index in [1.807, 2.05) is 61.7 Å². The lowest BCUT2D eigenvalue weighted by Crippen LogP contribution is -2.63. The number of aliphatic hydroxyl groups excluding tert-OH is 4. The van der Waals surface area contributed by atoms with Gasteiger partial charge in [-0.3, -0.25) is 24.0 Å². The molecule has 0 spiro atoms. The molecule has 14 atom stereocenters. The molecular formula is C68H104N9O22S+. The van der Waals surface area contributed by atoms with Crippen molar-refractivity contribution in [2.45, 2.75) is 160 Å². The number of benzene rings is 3. The summed E-state index contributed by atoms with van der Waals surface area (Å²) in [6, 6.07) is 14.1. The molecule has 2 saturated heterocycles. The molecule has 3 aromatic carbocycles. The lowest BCUT2D eigenvalue weighted by Gasteiger charge is -2.42. The van der Waals surface area contributed by atoms with Crippen LogP contribution in [0.15, 0.2) is 77.9 Å². The second-order valence-corrected chi connectivity index (χ2v) is 27.4. The van der Waals surface area contributed by atoms with E-state index in [1.54, 1.807) is 60.2 Å². The van der Waals surface area contributed by atoms with Crippen LogP contribution in [0.5, 0.6) is 17.2 Å². The Balaban J connectivity index is 1.25. The van der Waals surface area contributed by atoms with Gasteiger partial charge in [-0.25, -0.2) is 4.79 Å². The van der Waals surface area contributed by atoms with Crippen LogP contribution in [0.2, 0.25) is 0 Å². The fourth-order valence-electron chi connectivity index (χ4n) is 12.7. The lowest BCUT2D eigenvalue weighted by molar-refractivity contribution is -0.922. The minimum Gasteiger partial charge on any atom is -0.480 e. The van der Waals surface area contributed by atoms with E-state index in [-0.39, 0.29) is 106 Å². The van der Waals surface area contributed by atoms with Gasteiger partial charge in [0, 0.05) is 69.3 Å². The highest BCUT2D eigenvalue weighted by Gasteiger charge is 2.47. The van der Waals surface area contributed by atoms with Crippen LogP contribution in [0.3, 0.4) is 0 Å². The molecule has 3 unspecified atom stereocenters. The summed E-state index contributed by atoms with van der Waals surface area (Å²) in [6.45, 7) is 14.3. The van der Waals surface area contributed by atoms with Crippen molar-refractivity contribution in [2.24, 2.45) is 28.8 Å². The van der Waals surface area contributed by atoms with Gasteiger partial charge in [0.1, 0.15) is 48.8 Å². The second-order valence-electron chi connectivity index (χ2n) is 26.3. The van der Waals surface area contributed by atoms with Crippen molar-refractivity contribution in [3.63, 3.8) is 0 Å². The van der Waals surface area contributed by atoms with E-state index in [4.69, 9.17) is 47.1 Å². The number of hydrogen-bond acceptors (Lipinski definition) is 22. The van der Waals surface area contributed by atoms with Gasteiger partial charge in [0.2, 0.25) is 24.0 Å². The quantitative estimate of drug-likeness (QED) is 0.0133. The summed E-state index contributed by atoms with van der Waals surface area (Å²) in [7, 11) is 3.19. The number of aliphatic hydroxyl groups is 4. The third-order valence-corrected chi connectivity index (χ3v) is 18.7. The average molecular weight is 1430 g/mol. The van der Waals surface area contributed by atoms with E-state index >= 15 is 0 Å². The summed E-state index contributed by atoms with van der Waals surface area (Å²) in [5.74, 6) is -6.49. The molecule has 3 aromatic rings. The zero-order valence-electron chi connectivity index (χ0n) is 59.2. The predicted molar refractivity (Wildman–Crippen MR) is 363 cm³/mol. The molecule has 31 nitrogen and oxygen atoms in total. The molecule has 5 amide bonds. The maximum absolute atomic E-state index is 15.0. The van der Waals surface area contributed by atoms with Gasteiger partial charge in [-0.05, 0) is 78.2 Å². The number of quaternary nitrogens is 1. The second kappa shape index (κ2) is 40.4. The number of likely N-dealkylation sites (N-methyl/N-ethyl adjacent to an activating group) is 2. The van der Waals surface area contributed by atoms with Crippen LogP contribution in [0, 0.1) is 23.7 Å². The van der Waals surface area contributed by atoms with Gasteiger partial charge >= 0.3 is 16.4 Å². The SMILES string of the molecule is CCC(C)[C@@H]([C@@H](CC(=O)N1CCC[C@H]1[C@H](OC)[C@@H](C)C(=O)NC(Cc1ccccc1)C(=O)O)OC)N(C)C(=O)[C@@H](NC(=O)[C@H](C(C)C)[N+](C)(C)Cc1ccc(OS(=O)(=O)Oc2cc(C(=O)NCCOCCOCCOCCN=[N+]=[N-])ccc2OC2O[C@H](CO)[C@H](O)[C@H](O)[C@H]2O)cc1)C(C)C. The number of likely N-dealkylation sites (tertiary alicyclic amines) is 1. The third kappa shape index (κ3) is 24.2. The van der Waals surface area contributed by atoms with Crippen molar-refractivity contribution in [3.05, 3.63) is 99.9 Å². The highest BCUT2D eigenvalue weighted by Crippen LogP contribution is 2.35. The number of nitrogens with one attached hydrogen (secondary N) is 3. The number of carboxylic acid groups (broad SMARTS) is 1. The number of methoxy groups -OCH3 is 2. The number of hydrogen-bond donors (Lipinski definition) is 8. The molecule has 558 valence electrons. The van der Waals surface area contributed by atoms with Crippen LogP contribution in [0.1, 0.15) is 95.6 Å². The number of azide groups is 1. The van der Waals surface area contributed by atoms with Crippen molar-refractivity contribution in [1.82, 2.24) is 25.8 Å². The first-order valence-corrected chi connectivity index (χ1v) is 35.0. The molecular weight excluding hydrogens is 1330 g/mol. The van der Waals surface area contributed by atoms with Gasteiger partial charge in [-0.15, -0.1) is 8.42 Å². The molecule has 0 saturated carbocycles. The standard InChI is InChI=1S/C68H103N9O22S/c1-13-43(6)57(53(91-11)38-55(79)76-29-17-20-50(76)62(92-12)44(7)63(83)72-49(67(87)88)36-45-18-15-14-16-19-45)75(8)66(86)56(41(2)3)73-65(85)58(42(4)5)77(9,10)39-46-21-24-48(25-22-46)98-100(89,90)99-52-37-47(23-26-51(52)96-68-61(82)60(81)59(80)54(40-78)97-68)64(84)70-27-30-93-32-34-95-35-33-94-31-28-71-74-69/h14-16,18-19,21-26,37,41-44,49-50,53-54,56-62,68,78,80-82H,13,17,20,27-36,38-40H2,1-12H3,(H3-,70,72,73,83,84,85,87,88)/p+1/t43?,44-,49?,50+,53-,54-,56+,57+,58+,59+,60+,61-,62-,68?/m1/s1. The Labute approximate surface area is 585 Å². The maximum Gasteiger partial charge on any atom is 0.501 e. The number of amides is 5. The van der Waals surface area contributed by atoms with E-state index in [9.17, 15) is 62.7 Å². The molecule has 0 radical (unpaired) electrons.